The highest BCUT2D eigenvalue weighted by molar-refractivity contribution is 5.94. The normalized spacial score (nSPS) is 13.9. The van der Waals surface area contributed by atoms with Gasteiger partial charge in [-0.2, -0.15) is 0 Å². The van der Waals surface area contributed by atoms with Crippen LogP contribution in [0.5, 0.6) is 0 Å². The van der Waals surface area contributed by atoms with Gasteiger partial charge in [0.2, 0.25) is 0 Å². The standard InChI is InChI=1S/C13H21NO/c1-10(9-13(2,3)4)8-12(15)11-6-5-7-14-11/h5-7,10,14H,8-9H2,1-4H3. The van der Waals surface area contributed by atoms with Crippen molar-refractivity contribution in [2.45, 2.75) is 40.5 Å². The number of carbonyl (C=O) groups excluding carboxylic acids is 1. The fraction of sp³-hybridized carbons (Fsp3) is 0.615. The first-order chi connectivity index (χ1) is 6.88. The molecule has 1 N–H and O–H groups in total. The van der Waals surface area contributed by atoms with E-state index < -0.39 is 0 Å². The molecule has 0 aliphatic rings. The SMILES string of the molecule is CC(CC(=O)c1ccc[nH]1)CC(C)(C)C. The second kappa shape index (κ2) is 4.65. The van der Waals surface area contributed by atoms with Crippen LogP contribution in [0.4, 0.5) is 0 Å². The van der Waals surface area contributed by atoms with Crippen LogP contribution in [0.3, 0.4) is 0 Å². The minimum absolute atomic E-state index is 0.219. The predicted octanol–water partition coefficient (Wildman–Crippen LogP) is 3.66. The van der Waals surface area contributed by atoms with Crippen LogP contribution < -0.4 is 0 Å². The molecule has 0 amide bonds. The van der Waals surface area contributed by atoms with Gasteiger partial charge in [-0.25, -0.2) is 0 Å². The summed E-state index contributed by atoms with van der Waals surface area (Å²) in [6.07, 6.45) is 3.51. The summed E-state index contributed by atoms with van der Waals surface area (Å²) >= 11 is 0. The number of hydrogen-bond acceptors (Lipinski definition) is 1. The molecule has 0 aromatic carbocycles. The Morgan fingerprint density at radius 1 is 1.47 bits per heavy atom. The maximum absolute atomic E-state index is 11.8. The summed E-state index contributed by atoms with van der Waals surface area (Å²) in [5.41, 5.74) is 1.03. The Morgan fingerprint density at radius 3 is 2.60 bits per heavy atom. The second-order valence-corrected chi connectivity index (χ2v) is 5.58. The minimum Gasteiger partial charge on any atom is -0.359 e. The van der Waals surface area contributed by atoms with Gasteiger partial charge in [-0.05, 0) is 29.9 Å². The third-order valence-electron chi connectivity index (χ3n) is 2.39. The van der Waals surface area contributed by atoms with E-state index >= 15 is 0 Å². The maximum atomic E-state index is 11.8. The molecule has 0 saturated heterocycles. The fourth-order valence-electron chi connectivity index (χ4n) is 2.05. The molecule has 0 bridgehead atoms. The number of aromatic amines is 1. The van der Waals surface area contributed by atoms with Crippen LogP contribution in [0.25, 0.3) is 0 Å². The third kappa shape index (κ3) is 4.32. The van der Waals surface area contributed by atoms with Crippen LogP contribution in [0.2, 0.25) is 0 Å². The van der Waals surface area contributed by atoms with E-state index in [4.69, 9.17) is 0 Å². The van der Waals surface area contributed by atoms with Crippen LogP contribution in [0.15, 0.2) is 18.3 Å². The van der Waals surface area contributed by atoms with Crippen molar-refractivity contribution in [3.63, 3.8) is 0 Å². The second-order valence-electron chi connectivity index (χ2n) is 5.58. The number of H-pyrrole nitrogens is 1. The maximum Gasteiger partial charge on any atom is 0.179 e. The third-order valence-corrected chi connectivity index (χ3v) is 2.39. The van der Waals surface area contributed by atoms with E-state index in [1.54, 1.807) is 6.20 Å². The summed E-state index contributed by atoms with van der Waals surface area (Å²) in [4.78, 5) is 14.7. The highest BCUT2D eigenvalue weighted by atomic mass is 16.1. The predicted molar refractivity (Wildman–Crippen MR) is 63.0 cm³/mol. The molecule has 0 spiro atoms. The van der Waals surface area contributed by atoms with Gasteiger partial charge < -0.3 is 4.98 Å². The van der Waals surface area contributed by atoms with Gasteiger partial charge in [0, 0.05) is 12.6 Å². The summed E-state index contributed by atoms with van der Waals surface area (Å²) in [6.45, 7) is 8.78. The molecule has 84 valence electrons. The van der Waals surface area contributed by atoms with Gasteiger partial charge in [-0.3, -0.25) is 4.79 Å². The molecule has 0 radical (unpaired) electrons. The molecule has 0 saturated carbocycles. The van der Waals surface area contributed by atoms with Gasteiger partial charge in [0.25, 0.3) is 0 Å². The first-order valence-corrected chi connectivity index (χ1v) is 5.55. The van der Waals surface area contributed by atoms with Crippen LogP contribution in [0, 0.1) is 11.3 Å². The van der Waals surface area contributed by atoms with Gasteiger partial charge in [-0.15, -0.1) is 0 Å². The Hall–Kier alpha value is -1.05. The van der Waals surface area contributed by atoms with Crippen molar-refractivity contribution in [3.05, 3.63) is 24.0 Å². The van der Waals surface area contributed by atoms with Crippen molar-refractivity contribution < 1.29 is 4.79 Å². The van der Waals surface area contributed by atoms with Gasteiger partial charge in [0.15, 0.2) is 5.78 Å². The van der Waals surface area contributed by atoms with E-state index in [-0.39, 0.29) is 5.78 Å². The van der Waals surface area contributed by atoms with E-state index in [2.05, 4.69) is 32.7 Å². The van der Waals surface area contributed by atoms with E-state index in [0.717, 1.165) is 12.1 Å². The molecule has 2 nitrogen and oxygen atoms in total. The topological polar surface area (TPSA) is 32.9 Å². The molecule has 1 rings (SSSR count). The average Bonchev–Trinajstić information content (AvgIpc) is 2.50. The zero-order valence-corrected chi connectivity index (χ0v) is 10.1. The van der Waals surface area contributed by atoms with Crippen molar-refractivity contribution in [2.24, 2.45) is 11.3 Å². The molecule has 1 aromatic rings. The summed E-state index contributed by atoms with van der Waals surface area (Å²) in [6, 6.07) is 3.70. The lowest BCUT2D eigenvalue weighted by Crippen LogP contribution is -2.14. The number of Topliss-reactive ketones (excluding diaryl/α,β-unsaturated/α-hetero) is 1. The minimum atomic E-state index is 0.219. The van der Waals surface area contributed by atoms with E-state index in [1.165, 1.54) is 0 Å². The van der Waals surface area contributed by atoms with Gasteiger partial charge in [0.1, 0.15) is 0 Å². The molecular weight excluding hydrogens is 186 g/mol. The molecule has 2 heteroatoms. The molecule has 1 heterocycles. The molecular formula is C13H21NO. The van der Waals surface area contributed by atoms with Crippen LogP contribution in [0.1, 0.15) is 51.0 Å². The summed E-state index contributed by atoms with van der Waals surface area (Å²) < 4.78 is 0. The Bertz CT molecular complexity index is 306. The molecule has 1 atom stereocenters. The van der Waals surface area contributed by atoms with Crippen LogP contribution in [-0.4, -0.2) is 10.8 Å². The summed E-state index contributed by atoms with van der Waals surface area (Å²) in [7, 11) is 0. The Kier molecular flexibility index (Phi) is 3.72. The lowest BCUT2D eigenvalue weighted by atomic mass is 9.83. The van der Waals surface area contributed by atoms with Gasteiger partial charge in [0.05, 0.1) is 5.69 Å². The summed E-state index contributed by atoms with van der Waals surface area (Å²) in [5, 5.41) is 0. The van der Waals surface area contributed by atoms with Crippen LogP contribution >= 0.6 is 0 Å². The quantitative estimate of drug-likeness (QED) is 0.751. The number of ketones is 1. The summed E-state index contributed by atoms with van der Waals surface area (Å²) in [5.74, 6) is 0.664. The first kappa shape index (κ1) is 12.0. The first-order valence-electron chi connectivity index (χ1n) is 5.55. The van der Waals surface area contributed by atoms with Crippen molar-refractivity contribution in [1.82, 2.24) is 4.98 Å². The zero-order chi connectivity index (χ0) is 11.5. The molecule has 0 aliphatic heterocycles. The Labute approximate surface area is 92.1 Å². The number of nitrogens with one attached hydrogen (secondary N) is 1. The van der Waals surface area contributed by atoms with E-state index in [1.807, 2.05) is 12.1 Å². The molecule has 0 aliphatic carbocycles. The molecule has 1 aromatic heterocycles. The smallest absolute Gasteiger partial charge is 0.179 e. The zero-order valence-electron chi connectivity index (χ0n) is 10.1. The number of carbonyl (C=O) groups is 1. The average molecular weight is 207 g/mol. The van der Waals surface area contributed by atoms with E-state index in [0.29, 0.717) is 17.8 Å². The lowest BCUT2D eigenvalue weighted by molar-refractivity contribution is 0.0950. The number of rotatable bonds is 4. The van der Waals surface area contributed by atoms with Crippen molar-refractivity contribution in [3.8, 4) is 0 Å². The Morgan fingerprint density at radius 2 is 2.13 bits per heavy atom. The molecule has 1 unspecified atom stereocenters. The van der Waals surface area contributed by atoms with Crippen molar-refractivity contribution in [1.29, 1.82) is 0 Å². The molecule has 0 fully saturated rings. The van der Waals surface area contributed by atoms with Crippen molar-refractivity contribution >= 4 is 5.78 Å². The van der Waals surface area contributed by atoms with E-state index in [9.17, 15) is 4.79 Å². The van der Waals surface area contributed by atoms with Crippen molar-refractivity contribution in [2.75, 3.05) is 0 Å². The Balaban J connectivity index is 2.45. The van der Waals surface area contributed by atoms with Gasteiger partial charge >= 0.3 is 0 Å². The largest absolute Gasteiger partial charge is 0.359 e. The lowest BCUT2D eigenvalue weighted by Gasteiger charge is -2.22. The monoisotopic (exact) mass is 207 g/mol. The highest BCUT2D eigenvalue weighted by Gasteiger charge is 2.18. The molecule has 15 heavy (non-hydrogen) atoms. The number of hydrogen-bond donors (Lipinski definition) is 1. The van der Waals surface area contributed by atoms with Crippen LogP contribution in [-0.2, 0) is 0 Å². The number of aromatic nitrogens is 1. The highest BCUT2D eigenvalue weighted by Crippen LogP contribution is 2.26. The fourth-order valence-corrected chi connectivity index (χ4v) is 2.05. The van der Waals surface area contributed by atoms with Gasteiger partial charge in [-0.1, -0.05) is 27.7 Å².